The molecule has 1 aliphatic heterocycles. The molecule has 162 valence electrons. The molecule has 1 N–H and O–H groups in total. The van der Waals surface area contributed by atoms with Crippen LogP contribution in [0.5, 0.6) is 17.2 Å². The Balaban J connectivity index is 1.58. The predicted molar refractivity (Wildman–Crippen MR) is 119 cm³/mol. The highest BCUT2D eigenvalue weighted by atomic mass is 16.7. The van der Waals surface area contributed by atoms with E-state index in [0.717, 1.165) is 28.2 Å². The molecule has 5 nitrogen and oxygen atoms in total. The molecule has 1 heterocycles. The van der Waals surface area contributed by atoms with Crippen LogP contribution in [0.4, 0.5) is 0 Å². The van der Waals surface area contributed by atoms with Crippen LogP contribution in [0, 0.1) is 20.8 Å². The lowest BCUT2D eigenvalue weighted by Crippen LogP contribution is -2.43. The molecular weight excluding hydrogens is 392 g/mol. The second-order valence-corrected chi connectivity index (χ2v) is 7.84. The van der Waals surface area contributed by atoms with E-state index in [1.165, 1.54) is 0 Å². The first-order valence-electron chi connectivity index (χ1n) is 10.5. The number of ether oxygens (including phenoxy) is 4. The lowest BCUT2D eigenvalue weighted by atomic mass is 10.1. The van der Waals surface area contributed by atoms with Crippen molar-refractivity contribution in [2.75, 3.05) is 6.61 Å². The van der Waals surface area contributed by atoms with Gasteiger partial charge in [0.2, 0.25) is 0 Å². The van der Waals surface area contributed by atoms with Crippen LogP contribution in [0.1, 0.15) is 16.7 Å². The number of hydrogen-bond acceptors (Lipinski definition) is 5. The zero-order chi connectivity index (χ0) is 21.8. The lowest BCUT2D eigenvalue weighted by molar-refractivity contribution is -0.126. The van der Waals surface area contributed by atoms with E-state index in [9.17, 15) is 5.11 Å². The highest BCUT2D eigenvalue weighted by molar-refractivity contribution is 5.34. The van der Waals surface area contributed by atoms with Gasteiger partial charge in [-0.05, 0) is 55.7 Å². The highest BCUT2D eigenvalue weighted by Crippen LogP contribution is 2.31. The summed E-state index contributed by atoms with van der Waals surface area (Å²) >= 11 is 0. The number of aliphatic hydroxyl groups is 1. The summed E-state index contributed by atoms with van der Waals surface area (Å²) < 4.78 is 24.4. The summed E-state index contributed by atoms with van der Waals surface area (Å²) in [6.45, 7) is 6.17. The van der Waals surface area contributed by atoms with E-state index in [1.807, 2.05) is 93.6 Å². The van der Waals surface area contributed by atoms with Gasteiger partial charge in [0.05, 0.1) is 0 Å². The molecular formula is C26H28O5. The standard InChI is InChI=1S/C26H28O5/c1-17-10-4-7-13-20(17)28-16-23-24(29-21-14-8-5-11-18(21)2)25(26(27)31-23)30-22-15-9-6-12-19(22)3/h4-15,23-27H,16H2,1-3H3. The average Bonchev–Trinajstić information content (AvgIpc) is 3.05. The van der Waals surface area contributed by atoms with Crippen LogP contribution in [0.3, 0.4) is 0 Å². The minimum atomic E-state index is -1.14. The molecule has 1 fully saturated rings. The van der Waals surface area contributed by atoms with E-state index >= 15 is 0 Å². The van der Waals surface area contributed by atoms with Crippen molar-refractivity contribution < 1.29 is 24.1 Å². The van der Waals surface area contributed by atoms with Crippen LogP contribution >= 0.6 is 0 Å². The third-order valence-electron chi connectivity index (χ3n) is 5.50. The second kappa shape index (κ2) is 9.41. The largest absolute Gasteiger partial charge is 0.490 e. The molecule has 0 aromatic heterocycles. The molecule has 0 amide bonds. The van der Waals surface area contributed by atoms with Crippen LogP contribution in [-0.4, -0.2) is 36.3 Å². The molecule has 1 aliphatic rings. The Kier molecular flexibility index (Phi) is 6.44. The summed E-state index contributed by atoms with van der Waals surface area (Å²) in [6, 6.07) is 23.3. The van der Waals surface area contributed by atoms with E-state index < -0.39 is 24.6 Å². The van der Waals surface area contributed by atoms with Gasteiger partial charge in [0.1, 0.15) is 30.0 Å². The maximum absolute atomic E-state index is 10.7. The molecule has 4 rings (SSSR count). The molecule has 4 unspecified atom stereocenters. The summed E-state index contributed by atoms with van der Waals surface area (Å²) in [5.41, 5.74) is 3.01. The molecule has 3 aromatic rings. The van der Waals surface area contributed by atoms with Crippen molar-refractivity contribution in [2.24, 2.45) is 0 Å². The van der Waals surface area contributed by atoms with Gasteiger partial charge in [-0.25, -0.2) is 0 Å². The molecule has 1 saturated heterocycles. The number of aryl methyl sites for hydroxylation is 3. The van der Waals surface area contributed by atoms with Gasteiger partial charge in [-0.15, -0.1) is 0 Å². The van der Waals surface area contributed by atoms with Gasteiger partial charge in [0, 0.05) is 0 Å². The molecule has 0 aliphatic carbocycles. The van der Waals surface area contributed by atoms with Crippen molar-refractivity contribution in [3.8, 4) is 17.2 Å². The van der Waals surface area contributed by atoms with Crippen LogP contribution < -0.4 is 14.2 Å². The number of hydrogen-bond donors (Lipinski definition) is 1. The average molecular weight is 421 g/mol. The third-order valence-corrected chi connectivity index (χ3v) is 5.50. The van der Waals surface area contributed by atoms with E-state index in [1.54, 1.807) is 0 Å². The van der Waals surface area contributed by atoms with Gasteiger partial charge in [-0.2, -0.15) is 0 Å². The smallest absolute Gasteiger partial charge is 0.196 e. The van der Waals surface area contributed by atoms with Gasteiger partial charge < -0.3 is 24.1 Å². The van der Waals surface area contributed by atoms with E-state index in [0.29, 0.717) is 5.75 Å². The van der Waals surface area contributed by atoms with Gasteiger partial charge in [-0.3, -0.25) is 0 Å². The first kappa shape index (κ1) is 21.2. The molecule has 3 aromatic carbocycles. The minimum absolute atomic E-state index is 0.228. The summed E-state index contributed by atoms with van der Waals surface area (Å²) in [6.07, 6.45) is -2.91. The monoisotopic (exact) mass is 420 g/mol. The van der Waals surface area contributed by atoms with Crippen LogP contribution in [-0.2, 0) is 4.74 Å². The Morgan fingerprint density at radius 3 is 1.65 bits per heavy atom. The van der Waals surface area contributed by atoms with Gasteiger partial charge >= 0.3 is 0 Å². The Bertz CT molecular complexity index is 1020. The van der Waals surface area contributed by atoms with Crippen molar-refractivity contribution in [3.05, 3.63) is 89.5 Å². The molecule has 0 bridgehead atoms. The van der Waals surface area contributed by atoms with E-state index in [4.69, 9.17) is 18.9 Å². The number of para-hydroxylation sites is 3. The molecule has 0 radical (unpaired) electrons. The quantitative estimate of drug-likeness (QED) is 0.605. The SMILES string of the molecule is Cc1ccccc1OCC1OC(O)C(Oc2ccccc2C)C1Oc1ccccc1C. The molecule has 0 spiro atoms. The Labute approximate surface area is 183 Å². The second-order valence-electron chi connectivity index (χ2n) is 7.84. The fourth-order valence-corrected chi connectivity index (χ4v) is 3.67. The molecule has 31 heavy (non-hydrogen) atoms. The minimum Gasteiger partial charge on any atom is -0.490 e. The van der Waals surface area contributed by atoms with Crippen molar-refractivity contribution in [2.45, 2.75) is 45.4 Å². The van der Waals surface area contributed by atoms with Crippen LogP contribution in [0.25, 0.3) is 0 Å². The number of aliphatic hydroxyl groups excluding tert-OH is 1. The van der Waals surface area contributed by atoms with Gasteiger partial charge in [0.15, 0.2) is 18.5 Å². The first-order chi connectivity index (χ1) is 15.0. The third kappa shape index (κ3) is 4.84. The summed E-state index contributed by atoms with van der Waals surface area (Å²) in [5.74, 6) is 2.19. The maximum Gasteiger partial charge on any atom is 0.196 e. The maximum atomic E-state index is 10.7. The Morgan fingerprint density at radius 2 is 1.13 bits per heavy atom. The predicted octanol–water partition coefficient (Wildman–Crippen LogP) is 4.60. The molecule has 4 atom stereocenters. The number of benzene rings is 3. The van der Waals surface area contributed by atoms with Crippen molar-refractivity contribution in [3.63, 3.8) is 0 Å². The van der Waals surface area contributed by atoms with Crippen LogP contribution in [0.2, 0.25) is 0 Å². The van der Waals surface area contributed by atoms with E-state index in [2.05, 4.69) is 0 Å². The number of rotatable bonds is 7. The normalized spacial score (nSPS) is 22.8. The Hall–Kier alpha value is -3.02. The van der Waals surface area contributed by atoms with Gasteiger partial charge in [0.25, 0.3) is 0 Å². The Morgan fingerprint density at radius 1 is 0.677 bits per heavy atom. The highest BCUT2D eigenvalue weighted by Gasteiger charge is 2.48. The summed E-state index contributed by atoms with van der Waals surface area (Å²) in [7, 11) is 0. The summed E-state index contributed by atoms with van der Waals surface area (Å²) in [5, 5.41) is 10.7. The van der Waals surface area contributed by atoms with E-state index in [-0.39, 0.29) is 6.61 Å². The zero-order valence-electron chi connectivity index (χ0n) is 18.0. The van der Waals surface area contributed by atoms with Gasteiger partial charge in [-0.1, -0.05) is 54.6 Å². The molecule has 0 saturated carbocycles. The zero-order valence-corrected chi connectivity index (χ0v) is 18.0. The summed E-state index contributed by atoms with van der Waals surface area (Å²) in [4.78, 5) is 0. The molecule has 5 heteroatoms. The van der Waals surface area contributed by atoms with Crippen molar-refractivity contribution >= 4 is 0 Å². The van der Waals surface area contributed by atoms with Crippen molar-refractivity contribution in [1.29, 1.82) is 0 Å². The van der Waals surface area contributed by atoms with Crippen molar-refractivity contribution in [1.82, 2.24) is 0 Å². The fourth-order valence-electron chi connectivity index (χ4n) is 3.67. The first-order valence-corrected chi connectivity index (χ1v) is 10.5. The topological polar surface area (TPSA) is 57.2 Å². The van der Waals surface area contributed by atoms with Crippen LogP contribution in [0.15, 0.2) is 72.8 Å². The lowest BCUT2D eigenvalue weighted by Gasteiger charge is -2.26. The fraction of sp³-hybridized carbons (Fsp3) is 0.308.